The normalized spacial score (nSPS) is 36.1. The van der Waals surface area contributed by atoms with Gasteiger partial charge < -0.3 is 14.6 Å². The van der Waals surface area contributed by atoms with Crippen molar-refractivity contribution in [1.29, 1.82) is 0 Å². The second kappa shape index (κ2) is 3.51. The lowest BCUT2D eigenvalue weighted by atomic mass is 9.77. The quantitative estimate of drug-likeness (QED) is 0.692. The zero-order valence-electron chi connectivity index (χ0n) is 8.36. The number of hydrogen-bond acceptors (Lipinski definition) is 3. The largest absolute Gasteiger partial charge is 0.481 e. The van der Waals surface area contributed by atoms with Crippen LogP contribution in [0.25, 0.3) is 0 Å². The standard InChI is InChI=1S/C10H16O4/c1-7-6-10(13-4-5-14-10)3-2-8(7)9(11)12/h7-8H,2-6H2,1H3,(H,11,12)/t7?,8-/m0/s1. The van der Waals surface area contributed by atoms with Crippen molar-refractivity contribution in [1.82, 2.24) is 0 Å². The third-order valence-corrected chi connectivity index (χ3v) is 3.29. The summed E-state index contributed by atoms with van der Waals surface area (Å²) < 4.78 is 11.1. The number of carboxylic acids is 1. The average molecular weight is 200 g/mol. The first-order valence-corrected chi connectivity index (χ1v) is 5.14. The molecule has 0 aromatic heterocycles. The molecule has 0 aromatic carbocycles. The van der Waals surface area contributed by atoms with E-state index in [1.165, 1.54) is 0 Å². The number of carboxylic acid groups (broad SMARTS) is 1. The highest BCUT2D eigenvalue weighted by molar-refractivity contribution is 5.70. The molecule has 4 heteroatoms. The van der Waals surface area contributed by atoms with Crippen LogP contribution in [0.5, 0.6) is 0 Å². The van der Waals surface area contributed by atoms with E-state index in [0.717, 1.165) is 0 Å². The Morgan fingerprint density at radius 1 is 1.43 bits per heavy atom. The van der Waals surface area contributed by atoms with Crippen molar-refractivity contribution in [2.24, 2.45) is 11.8 Å². The maximum Gasteiger partial charge on any atom is 0.306 e. The molecule has 80 valence electrons. The van der Waals surface area contributed by atoms with Crippen LogP contribution in [-0.4, -0.2) is 30.1 Å². The van der Waals surface area contributed by atoms with Gasteiger partial charge in [0.25, 0.3) is 0 Å². The fourth-order valence-electron chi connectivity index (χ4n) is 2.52. The van der Waals surface area contributed by atoms with Gasteiger partial charge in [-0.25, -0.2) is 0 Å². The van der Waals surface area contributed by atoms with E-state index in [1.807, 2.05) is 6.92 Å². The van der Waals surface area contributed by atoms with Crippen LogP contribution in [0.4, 0.5) is 0 Å². The second-order valence-corrected chi connectivity index (χ2v) is 4.27. The molecule has 1 N–H and O–H groups in total. The summed E-state index contributed by atoms with van der Waals surface area (Å²) >= 11 is 0. The summed E-state index contributed by atoms with van der Waals surface area (Å²) in [7, 11) is 0. The maximum absolute atomic E-state index is 10.9. The van der Waals surface area contributed by atoms with Crippen molar-refractivity contribution in [3.63, 3.8) is 0 Å². The van der Waals surface area contributed by atoms with E-state index in [2.05, 4.69) is 0 Å². The van der Waals surface area contributed by atoms with Crippen LogP contribution < -0.4 is 0 Å². The molecule has 0 amide bonds. The van der Waals surface area contributed by atoms with Gasteiger partial charge in [0.2, 0.25) is 0 Å². The third kappa shape index (κ3) is 1.64. The number of ether oxygens (including phenoxy) is 2. The highest BCUT2D eigenvalue weighted by Crippen LogP contribution is 2.41. The van der Waals surface area contributed by atoms with Gasteiger partial charge in [-0.05, 0) is 12.3 Å². The Balaban J connectivity index is 2.02. The van der Waals surface area contributed by atoms with Gasteiger partial charge in [-0.2, -0.15) is 0 Å². The molecule has 0 aromatic rings. The van der Waals surface area contributed by atoms with Gasteiger partial charge in [-0.3, -0.25) is 4.79 Å². The molecule has 1 aliphatic carbocycles. The van der Waals surface area contributed by atoms with Crippen LogP contribution in [0.3, 0.4) is 0 Å². The molecular weight excluding hydrogens is 184 g/mol. The Kier molecular flexibility index (Phi) is 2.49. The van der Waals surface area contributed by atoms with Crippen molar-refractivity contribution in [2.75, 3.05) is 13.2 Å². The Labute approximate surface area is 83.2 Å². The first kappa shape index (κ1) is 9.93. The summed E-state index contributed by atoms with van der Waals surface area (Å²) in [6, 6.07) is 0. The van der Waals surface area contributed by atoms with Gasteiger partial charge in [0.1, 0.15) is 0 Å². The molecule has 1 aliphatic heterocycles. The van der Waals surface area contributed by atoms with Gasteiger partial charge in [-0.15, -0.1) is 0 Å². The fraction of sp³-hybridized carbons (Fsp3) is 0.900. The van der Waals surface area contributed by atoms with Crippen LogP contribution in [0.1, 0.15) is 26.2 Å². The van der Waals surface area contributed by atoms with Gasteiger partial charge >= 0.3 is 5.97 Å². The zero-order valence-corrected chi connectivity index (χ0v) is 8.36. The molecule has 2 rings (SSSR count). The van der Waals surface area contributed by atoms with E-state index < -0.39 is 11.8 Å². The molecule has 1 spiro atoms. The third-order valence-electron chi connectivity index (χ3n) is 3.29. The molecule has 1 saturated carbocycles. The lowest BCUT2D eigenvalue weighted by Crippen LogP contribution is -2.41. The minimum Gasteiger partial charge on any atom is -0.481 e. The molecule has 2 fully saturated rings. The van der Waals surface area contributed by atoms with Crippen molar-refractivity contribution in [2.45, 2.75) is 32.0 Å². The SMILES string of the molecule is CC1CC2(CC[C@@H]1C(=O)O)OCCO2. The summed E-state index contributed by atoms with van der Waals surface area (Å²) in [6.45, 7) is 3.25. The minimum atomic E-state index is -0.689. The van der Waals surface area contributed by atoms with Gasteiger partial charge in [0, 0.05) is 12.8 Å². The van der Waals surface area contributed by atoms with Crippen LogP contribution in [0.2, 0.25) is 0 Å². The number of aliphatic carboxylic acids is 1. The molecule has 4 nitrogen and oxygen atoms in total. The van der Waals surface area contributed by atoms with E-state index in [9.17, 15) is 4.79 Å². The average Bonchev–Trinajstić information content (AvgIpc) is 2.52. The summed E-state index contributed by atoms with van der Waals surface area (Å²) in [4.78, 5) is 10.9. The maximum atomic E-state index is 10.9. The van der Waals surface area contributed by atoms with Crippen LogP contribution in [-0.2, 0) is 14.3 Å². The second-order valence-electron chi connectivity index (χ2n) is 4.27. The molecule has 2 aliphatic rings. The van der Waals surface area contributed by atoms with E-state index in [-0.39, 0.29) is 11.8 Å². The monoisotopic (exact) mass is 200 g/mol. The molecule has 1 heterocycles. The summed E-state index contributed by atoms with van der Waals surface area (Å²) in [5.41, 5.74) is 0. The van der Waals surface area contributed by atoms with Crippen molar-refractivity contribution in [3.8, 4) is 0 Å². The highest BCUT2D eigenvalue weighted by Gasteiger charge is 2.45. The zero-order chi connectivity index (χ0) is 10.2. The van der Waals surface area contributed by atoms with E-state index in [0.29, 0.717) is 32.5 Å². The van der Waals surface area contributed by atoms with Crippen LogP contribution >= 0.6 is 0 Å². The van der Waals surface area contributed by atoms with Gasteiger partial charge in [0.15, 0.2) is 5.79 Å². The van der Waals surface area contributed by atoms with Crippen molar-refractivity contribution < 1.29 is 19.4 Å². The number of rotatable bonds is 1. The fourth-order valence-corrected chi connectivity index (χ4v) is 2.52. The predicted molar refractivity (Wildman–Crippen MR) is 48.8 cm³/mol. The van der Waals surface area contributed by atoms with Crippen molar-refractivity contribution in [3.05, 3.63) is 0 Å². The minimum absolute atomic E-state index is 0.138. The highest BCUT2D eigenvalue weighted by atomic mass is 16.7. The Morgan fingerprint density at radius 3 is 2.57 bits per heavy atom. The first-order valence-electron chi connectivity index (χ1n) is 5.14. The first-order chi connectivity index (χ1) is 6.63. The molecule has 0 radical (unpaired) electrons. The van der Waals surface area contributed by atoms with E-state index in [4.69, 9.17) is 14.6 Å². The Morgan fingerprint density at radius 2 is 2.07 bits per heavy atom. The molecule has 14 heavy (non-hydrogen) atoms. The van der Waals surface area contributed by atoms with Crippen LogP contribution in [0.15, 0.2) is 0 Å². The summed E-state index contributed by atoms with van der Waals surface area (Å²) in [6.07, 6.45) is 2.09. The molecule has 1 unspecified atom stereocenters. The lowest BCUT2D eigenvalue weighted by molar-refractivity contribution is -0.196. The van der Waals surface area contributed by atoms with Gasteiger partial charge in [0.05, 0.1) is 19.1 Å². The summed E-state index contributed by atoms with van der Waals surface area (Å²) in [5, 5.41) is 8.96. The van der Waals surface area contributed by atoms with Crippen molar-refractivity contribution >= 4 is 5.97 Å². The lowest BCUT2D eigenvalue weighted by Gasteiger charge is -2.37. The molecule has 0 bridgehead atoms. The molecular formula is C10H16O4. The predicted octanol–water partition coefficient (Wildman–Crippen LogP) is 1.25. The van der Waals surface area contributed by atoms with Gasteiger partial charge in [-0.1, -0.05) is 6.92 Å². The molecule has 2 atom stereocenters. The van der Waals surface area contributed by atoms with Crippen LogP contribution in [0, 0.1) is 11.8 Å². The Hall–Kier alpha value is -0.610. The number of hydrogen-bond donors (Lipinski definition) is 1. The topological polar surface area (TPSA) is 55.8 Å². The van der Waals surface area contributed by atoms with E-state index in [1.54, 1.807) is 0 Å². The molecule has 1 saturated heterocycles. The van der Waals surface area contributed by atoms with E-state index >= 15 is 0 Å². The Bertz CT molecular complexity index is 232. The number of carbonyl (C=O) groups is 1. The smallest absolute Gasteiger partial charge is 0.306 e. The summed E-state index contributed by atoms with van der Waals surface area (Å²) in [5.74, 6) is -1.23.